The first-order valence-corrected chi connectivity index (χ1v) is 10.9. The van der Waals surface area contributed by atoms with Gasteiger partial charge in [-0.15, -0.1) is 0 Å². The van der Waals surface area contributed by atoms with Gasteiger partial charge < -0.3 is 19.9 Å². The SMILES string of the molecule is CCN1CCN(C(=O)C(=O)Nc2c3c(nn2-c2ccc(OC)cc2)CSC3)CC1. The van der Waals surface area contributed by atoms with Gasteiger partial charge >= 0.3 is 11.8 Å². The van der Waals surface area contributed by atoms with Crippen LogP contribution in [0.5, 0.6) is 5.75 Å². The molecule has 1 saturated heterocycles. The number of carbonyl (C=O) groups is 2. The largest absolute Gasteiger partial charge is 0.497 e. The Balaban J connectivity index is 1.54. The topological polar surface area (TPSA) is 79.7 Å². The Morgan fingerprint density at radius 1 is 1.14 bits per heavy atom. The Labute approximate surface area is 174 Å². The van der Waals surface area contributed by atoms with Crippen molar-refractivity contribution in [2.24, 2.45) is 0 Å². The molecule has 29 heavy (non-hydrogen) atoms. The number of hydrogen-bond donors (Lipinski definition) is 1. The molecule has 2 aliphatic heterocycles. The minimum absolute atomic E-state index is 0.484. The maximum atomic E-state index is 12.8. The van der Waals surface area contributed by atoms with Gasteiger partial charge in [-0.1, -0.05) is 6.92 Å². The molecule has 2 amide bonds. The maximum Gasteiger partial charge on any atom is 0.315 e. The second-order valence-corrected chi connectivity index (χ2v) is 8.04. The third-order valence-corrected chi connectivity index (χ3v) is 6.37. The van der Waals surface area contributed by atoms with Crippen LogP contribution >= 0.6 is 11.8 Å². The Morgan fingerprint density at radius 2 is 1.86 bits per heavy atom. The second-order valence-electron chi connectivity index (χ2n) is 7.06. The van der Waals surface area contributed by atoms with Crippen LogP contribution in [0.3, 0.4) is 0 Å². The summed E-state index contributed by atoms with van der Waals surface area (Å²) in [6.45, 7) is 5.80. The van der Waals surface area contributed by atoms with E-state index in [0.29, 0.717) is 18.9 Å². The van der Waals surface area contributed by atoms with Crippen molar-refractivity contribution in [3.63, 3.8) is 0 Å². The Morgan fingerprint density at radius 3 is 2.52 bits per heavy atom. The van der Waals surface area contributed by atoms with Crippen molar-refractivity contribution >= 4 is 29.4 Å². The number of fused-ring (bicyclic) bond motifs is 1. The number of ether oxygens (including phenoxy) is 1. The van der Waals surface area contributed by atoms with Gasteiger partial charge in [0.2, 0.25) is 0 Å². The quantitative estimate of drug-likeness (QED) is 0.767. The number of nitrogens with zero attached hydrogens (tertiary/aromatic N) is 4. The average molecular weight is 416 g/mol. The van der Waals surface area contributed by atoms with E-state index in [-0.39, 0.29) is 0 Å². The number of methoxy groups -OCH3 is 1. The van der Waals surface area contributed by atoms with Crippen molar-refractivity contribution in [1.82, 2.24) is 19.6 Å². The normalized spacial score (nSPS) is 16.6. The zero-order valence-corrected chi connectivity index (χ0v) is 17.5. The van der Waals surface area contributed by atoms with Gasteiger partial charge in [0.15, 0.2) is 0 Å². The lowest BCUT2D eigenvalue weighted by Crippen LogP contribution is -2.51. The standard InChI is InChI=1S/C20H25N5O3S/c1-3-23-8-10-24(11-9-23)20(27)19(26)21-18-16-12-29-13-17(16)22-25(18)14-4-6-15(28-2)7-5-14/h4-7H,3,8-13H2,1-2H3,(H,21,26). The number of amides is 2. The van der Waals surface area contributed by atoms with Gasteiger partial charge in [0.1, 0.15) is 11.6 Å². The molecular formula is C20H25N5O3S. The molecule has 0 aliphatic carbocycles. The summed E-state index contributed by atoms with van der Waals surface area (Å²) in [6.07, 6.45) is 0. The Kier molecular flexibility index (Phi) is 5.77. The van der Waals surface area contributed by atoms with E-state index in [1.165, 1.54) is 0 Å². The predicted molar refractivity (Wildman–Crippen MR) is 112 cm³/mol. The van der Waals surface area contributed by atoms with Gasteiger partial charge in [-0.3, -0.25) is 9.59 Å². The van der Waals surface area contributed by atoms with Crippen LogP contribution < -0.4 is 10.1 Å². The molecule has 0 unspecified atom stereocenters. The molecule has 0 atom stereocenters. The van der Waals surface area contributed by atoms with E-state index in [9.17, 15) is 9.59 Å². The third kappa shape index (κ3) is 3.97. The highest BCUT2D eigenvalue weighted by Gasteiger charge is 2.29. The van der Waals surface area contributed by atoms with Gasteiger partial charge in [-0.25, -0.2) is 4.68 Å². The number of nitrogens with one attached hydrogen (secondary N) is 1. The molecule has 3 heterocycles. The summed E-state index contributed by atoms with van der Waals surface area (Å²) >= 11 is 1.75. The average Bonchev–Trinajstić information content (AvgIpc) is 3.36. The highest BCUT2D eigenvalue weighted by molar-refractivity contribution is 7.98. The molecule has 1 aromatic carbocycles. The van der Waals surface area contributed by atoms with Crippen molar-refractivity contribution in [1.29, 1.82) is 0 Å². The van der Waals surface area contributed by atoms with Crippen molar-refractivity contribution in [2.75, 3.05) is 45.2 Å². The third-order valence-electron chi connectivity index (χ3n) is 5.40. The first kappa shape index (κ1) is 19.8. The molecule has 0 saturated carbocycles. The van der Waals surface area contributed by atoms with E-state index in [0.717, 1.165) is 53.8 Å². The number of benzene rings is 1. The van der Waals surface area contributed by atoms with E-state index in [2.05, 4.69) is 22.2 Å². The number of thioether (sulfide) groups is 1. The molecule has 0 radical (unpaired) electrons. The molecule has 154 valence electrons. The summed E-state index contributed by atoms with van der Waals surface area (Å²) in [7, 11) is 1.62. The number of anilines is 1. The van der Waals surface area contributed by atoms with Crippen LogP contribution in [0.1, 0.15) is 18.2 Å². The summed E-state index contributed by atoms with van der Waals surface area (Å²) in [6, 6.07) is 7.47. The van der Waals surface area contributed by atoms with Crippen molar-refractivity contribution in [2.45, 2.75) is 18.4 Å². The number of hydrogen-bond acceptors (Lipinski definition) is 6. The molecule has 8 nitrogen and oxygen atoms in total. The summed E-state index contributed by atoms with van der Waals surface area (Å²) in [5.41, 5.74) is 2.75. The van der Waals surface area contributed by atoms with E-state index in [1.54, 1.807) is 28.5 Å². The molecule has 9 heteroatoms. The smallest absolute Gasteiger partial charge is 0.315 e. The van der Waals surface area contributed by atoms with Crippen molar-refractivity contribution in [3.05, 3.63) is 35.5 Å². The van der Waals surface area contributed by atoms with Crippen molar-refractivity contribution in [3.8, 4) is 11.4 Å². The molecular weight excluding hydrogens is 390 g/mol. The van der Waals surface area contributed by atoms with Crippen LogP contribution in [0, 0.1) is 0 Å². The lowest BCUT2D eigenvalue weighted by atomic mass is 10.2. The zero-order valence-electron chi connectivity index (χ0n) is 16.7. The maximum absolute atomic E-state index is 12.8. The number of piperazine rings is 1. The summed E-state index contributed by atoms with van der Waals surface area (Å²) < 4.78 is 6.93. The highest BCUT2D eigenvalue weighted by Crippen LogP contribution is 2.36. The molecule has 2 aliphatic rings. The van der Waals surface area contributed by atoms with Crippen LogP contribution in [0.2, 0.25) is 0 Å². The number of likely N-dealkylation sites (N-methyl/N-ethyl adjacent to an activating group) is 1. The van der Waals surface area contributed by atoms with E-state index < -0.39 is 11.8 Å². The molecule has 0 bridgehead atoms. The van der Waals surface area contributed by atoms with E-state index in [1.807, 2.05) is 24.3 Å². The molecule has 4 rings (SSSR count). The fourth-order valence-electron chi connectivity index (χ4n) is 3.62. The number of carbonyl (C=O) groups excluding carboxylic acids is 2. The van der Waals surface area contributed by atoms with Crippen molar-refractivity contribution < 1.29 is 14.3 Å². The minimum atomic E-state index is -0.607. The lowest BCUT2D eigenvalue weighted by molar-refractivity contribution is -0.144. The lowest BCUT2D eigenvalue weighted by Gasteiger charge is -2.33. The zero-order chi connectivity index (χ0) is 20.4. The highest BCUT2D eigenvalue weighted by atomic mass is 32.2. The van der Waals surface area contributed by atoms with Gasteiger partial charge in [0.25, 0.3) is 0 Å². The summed E-state index contributed by atoms with van der Waals surface area (Å²) in [5, 5.41) is 7.52. The van der Waals surface area contributed by atoms with Crippen LogP contribution in [0.4, 0.5) is 5.82 Å². The monoisotopic (exact) mass is 415 g/mol. The van der Waals surface area contributed by atoms with E-state index in [4.69, 9.17) is 4.74 Å². The second kappa shape index (κ2) is 8.46. The van der Waals surface area contributed by atoms with Crippen LogP contribution in [0.25, 0.3) is 5.69 Å². The Bertz CT molecular complexity index is 904. The van der Waals surface area contributed by atoms with Gasteiger partial charge in [-0.2, -0.15) is 16.9 Å². The fourth-order valence-corrected chi connectivity index (χ4v) is 4.66. The number of aromatic nitrogens is 2. The molecule has 1 N–H and O–H groups in total. The molecule has 2 aromatic rings. The minimum Gasteiger partial charge on any atom is -0.497 e. The van der Waals surface area contributed by atoms with E-state index >= 15 is 0 Å². The summed E-state index contributed by atoms with van der Waals surface area (Å²) in [5.74, 6) is 1.81. The fraction of sp³-hybridized carbons (Fsp3) is 0.450. The van der Waals surface area contributed by atoms with Gasteiger partial charge in [0.05, 0.1) is 18.5 Å². The Hall–Kier alpha value is -2.52. The predicted octanol–water partition coefficient (Wildman–Crippen LogP) is 1.73. The van der Waals surface area contributed by atoms with Gasteiger partial charge in [-0.05, 0) is 30.8 Å². The molecule has 1 aromatic heterocycles. The molecule has 1 fully saturated rings. The van der Waals surface area contributed by atoms with Crippen LogP contribution in [0.15, 0.2) is 24.3 Å². The summed E-state index contributed by atoms with van der Waals surface area (Å²) in [4.78, 5) is 29.4. The number of rotatable bonds is 4. The van der Waals surface area contributed by atoms with Gasteiger partial charge in [0, 0.05) is 43.2 Å². The van der Waals surface area contributed by atoms with Crippen LogP contribution in [-0.2, 0) is 21.1 Å². The molecule has 0 spiro atoms. The first-order chi connectivity index (χ1) is 14.1. The first-order valence-electron chi connectivity index (χ1n) is 9.76. The van der Waals surface area contributed by atoms with Crippen LogP contribution in [-0.4, -0.2) is 71.2 Å².